The Kier molecular flexibility index (Phi) is 5.42. The highest BCUT2D eigenvalue weighted by Crippen LogP contribution is 2.39. The standard InChI is InChI=1S/C12H11F7N4O2/c1-2-3-5-4-6(24-10(13)14)23(22-5)7-8(12(17,18)19)20-21-9(7)25-11(15)16/h4,10-11H,2-3H2,1H3,(H,20,21). The van der Waals surface area contributed by atoms with Gasteiger partial charge in [-0.15, -0.1) is 5.10 Å². The number of halogens is 7. The molecule has 2 aromatic rings. The van der Waals surface area contributed by atoms with Gasteiger partial charge in [0, 0.05) is 6.07 Å². The fourth-order valence-corrected chi connectivity index (χ4v) is 2.00. The van der Waals surface area contributed by atoms with Crippen molar-refractivity contribution < 1.29 is 40.2 Å². The van der Waals surface area contributed by atoms with Crippen LogP contribution in [0.1, 0.15) is 24.7 Å². The second-order valence-electron chi connectivity index (χ2n) is 4.64. The van der Waals surface area contributed by atoms with Crippen molar-refractivity contribution in [2.24, 2.45) is 0 Å². The summed E-state index contributed by atoms with van der Waals surface area (Å²) < 4.78 is 97.5. The maximum absolute atomic E-state index is 13.1. The molecule has 0 saturated heterocycles. The minimum Gasteiger partial charge on any atom is -0.417 e. The van der Waals surface area contributed by atoms with Crippen LogP contribution in [0, 0.1) is 0 Å². The Morgan fingerprint density at radius 2 is 1.80 bits per heavy atom. The minimum atomic E-state index is -5.06. The van der Waals surface area contributed by atoms with Crippen molar-refractivity contribution in [2.75, 3.05) is 0 Å². The zero-order chi connectivity index (χ0) is 18.8. The molecule has 25 heavy (non-hydrogen) atoms. The van der Waals surface area contributed by atoms with Gasteiger partial charge in [-0.25, -0.2) is 0 Å². The molecule has 0 fully saturated rings. The largest absolute Gasteiger partial charge is 0.435 e. The molecule has 0 bridgehead atoms. The van der Waals surface area contributed by atoms with E-state index in [-0.39, 0.29) is 12.1 Å². The van der Waals surface area contributed by atoms with Gasteiger partial charge < -0.3 is 9.47 Å². The number of H-pyrrole nitrogens is 1. The molecule has 0 radical (unpaired) electrons. The molecule has 13 heteroatoms. The van der Waals surface area contributed by atoms with Crippen molar-refractivity contribution in [3.8, 4) is 17.4 Å². The third-order valence-electron chi connectivity index (χ3n) is 2.85. The highest BCUT2D eigenvalue weighted by atomic mass is 19.4. The molecule has 0 aliphatic heterocycles. The second kappa shape index (κ2) is 7.19. The Labute approximate surface area is 135 Å². The molecule has 2 aromatic heterocycles. The van der Waals surface area contributed by atoms with E-state index >= 15 is 0 Å². The van der Waals surface area contributed by atoms with Crippen molar-refractivity contribution in [1.29, 1.82) is 0 Å². The molecule has 2 rings (SSSR count). The summed E-state index contributed by atoms with van der Waals surface area (Å²) in [4.78, 5) is 0. The maximum Gasteiger partial charge on any atom is 0.435 e. The predicted molar refractivity (Wildman–Crippen MR) is 68.0 cm³/mol. The van der Waals surface area contributed by atoms with Crippen LogP contribution in [0.3, 0.4) is 0 Å². The van der Waals surface area contributed by atoms with E-state index in [1.807, 2.05) is 0 Å². The van der Waals surface area contributed by atoms with E-state index < -0.39 is 42.5 Å². The van der Waals surface area contributed by atoms with E-state index in [9.17, 15) is 30.7 Å². The van der Waals surface area contributed by atoms with Crippen LogP contribution in [0.15, 0.2) is 6.07 Å². The van der Waals surface area contributed by atoms with Crippen molar-refractivity contribution in [3.05, 3.63) is 17.5 Å². The van der Waals surface area contributed by atoms with Crippen LogP contribution in [0.4, 0.5) is 30.7 Å². The molecule has 0 aliphatic rings. The number of aromatic nitrogens is 4. The van der Waals surface area contributed by atoms with E-state index in [1.165, 1.54) is 5.10 Å². The lowest BCUT2D eigenvalue weighted by molar-refractivity contribution is -0.141. The SMILES string of the molecule is CCCc1cc(OC(F)F)n(-c2c(OC(F)F)n[nH]c2C(F)(F)F)n1. The molecule has 0 spiro atoms. The summed E-state index contributed by atoms with van der Waals surface area (Å²) >= 11 is 0. The van der Waals surface area contributed by atoms with Crippen molar-refractivity contribution in [3.63, 3.8) is 0 Å². The number of rotatable bonds is 7. The van der Waals surface area contributed by atoms with Gasteiger partial charge in [0.1, 0.15) is 0 Å². The Bertz CT molecular complexity index is 711. The van der Waals surface area contributed by atoms with Crippen LogP contribution in [0.2, 0.25) is 0 Å². The van der Waals surface area contributed by atoms with Gasteiger partial charge in [0.05, 0.1) is 5.69 Å². The number of aryl methyl sites for hydroxylation is 1. The summed E-state index contributed by atoms with van der Waals surface area (Å²) in [6.45, 7) is -5.14. The van der Waals surface area contributed by atoms with Gasteiger partial charge in [-0.2, -0.15) is 40.5 Å². The number of ether oxygens (including phenoxy) is 2. The van der Waals surface area contributed by atoms with Crippen LogP contribution in [0.25, 0.3) is 5.69 Å². The smallest absolute Gasteiger partial charge is 0.417 e. The molecule has 0 aromatic carbocycles. The van der Waals surface area contributed by atoms with E-state index in [0.717, 1.165) is 6.07 Å². The molecule has 0 unspecified atom stereocenters. The minimum absolute atomic E-state index is 0.121. The van der Waals surface area contributed by atoms with Gasteiger partial charge in [-0.1, -0.05) is 13.3 Å². The average Bonchev–Trinajstić information content (AvgIpc) is 3.01. The fraction of sp³-hybridized carbons (Fsp3) is 0.500. The summed E-state index contributed by atoms with van der Waals surface area (Å²) in [5, 5.41) is 8.24. The van der Waals surface area contributed by atoms with Crippen molar-refractivity contribution in [2.45, 2.75) is 39.2 Å². The molecular formula is C12H11F7N4O2. The fourth-order valence-electron chi connectivity index (χ4n) is 2.00. The third-order valence-corrected chi connectivity index (χ3v) is 2.85. The van der Waals surface area contributed by atoms with Gasteiger partial charge in [0.15, 0.2) is 11.4 Å². The summed E-state index contributed by atoms with van der Waals surface area (Å²) in [6.07, 6.45) is -4.33. The van der Waals surface area contributed by atoms with Gasteiger partial charge in [-0.05, 0) is 6.42 Å². The van der Waals surface area contributed by atoms with E-state index in [0.29, 0.717) is 11.1 Å². The number of nitrogens with one attached hydrogen (secondary N) is 1. The topological polar surface area (TPSA) is 65.0 Å². The predicted octanol–water partition coefficient (Wildman–Crippen LogP) is 3.77. The van der Waals surface area contributed by atoms with Crippen LogP contribution in [-0.4, -0.2) is 33.2 Å². The number of alkyl halides is 7. The molecule has 1 N–H and O–H groups in total. The molecule has 0 amide bonds. The lowest BCUT2D eigenvalue weighted by Crippen LogP contribution is -2.14. The number of hydrogen-bond acceptors (Lipinski definition) is 4. The molecular weight excluding hydrogens is 365 g/mol. The quantitative estimate of drug-likeness (QED) is 0.748. The zero-order valence-corrected chi connectivity index (χ0v) is 12.5. The van der Waals surface area contributed by atoms with E-state index in [2.05, 4.69) is 19.7 Å². The molecule has 2 heterocycles. The first-order chi connectivity index (χ1) is 11.6. The Morgan fingerprint density at radius 3 is 2.32 bits per heavy atom. The van der Waals surface area contributed by atoms with Gasteiger partial charge in [0.25, 0.3) is 5.88 Å². The molecule has 0 saturated carbocycles. The summed E-state index contributed by atoms with van der Waals surface area (Å²) in [5.41, 5.74) is -2.59. The Morgan fingerprint density at radius 1 is 1.16 bits per heavy atom. The first kappa shape index (κ1) is 18.9. The number of aromatic amines is 1. The highest BCUT2D eigenvalue weighted by Gasteiger charge is 2.40. The first-order valence-electron chi connectivity index (χ1n) is 6.78. The number of hydrogen-bond donors (Lipinski definition) is 1. The van der Waals surface area contributed by atoms with Crippen LogP contribution in [0.5, 0.6) is 11.8 Å². The van der Waals surface area contributed by atoms with Crippen LogP contribution >= 0.6 is 0 Å². The summed E-state index contributed by atoms with van der Waals surface area (Å²) in [7, 11) is 0. The summed E-state index contributed by atoms with van der Waals surface area (Å²) in [6, 6.07) is 0.981. The van der Waals surface area contributed by atoms with Gasteiger partial charge in [-0.3, -0.25) is 5.10 Å². The lowest BCUT2D eigenvalue weighted by atomic mass is 10.2. The molecule has 0 atom stereocenters. The second-order valence-corrected chi connectivity index (χ2v) is 4.64. The lowest BCUT2D eigenvalue weighted by Gasteiger charge is -2.12. The highest BCUT2D eigenvalue weighted by molar-refractivity contribution is 5.49. The zero-order valence-electron chi connectivity index (χ0n) is 12.5. The third kappa shape index (κ3) is 4.33. The monoisotopic (exact) mass is 376 g/mol. The summed E-state index contributed by atoms with van der Waals surface area (Å²) in [5.74, 6) is -1.93. The molecule has 0 aliphatic carbocycles. The van der Waals surface area contributed by atoms with Gasteiger partial charge in [0.2, 0.25) is 5.88 Å². The normalized spacial score (nSPS) is 12.2. The molecule has 6 nitrogen and oxygen atoms in total. The Balaban J connectivity index is 2.63. The van der Waals surface area contributed by atoms with Crippen molar-refractivity contribution in [1.82, 2.24) is 20.0 Å². The van der Waals surface area contributed by atoms with E-state index in [1.54, 1.807) is 6.92 Å². The Hall–Kier alpha value is -2.47. The maximum atomic E-state index is 13.1. The average molecular weight is 376 g/mol. The van der Waals surface area contributed by atoms with Crippen LogP contribution < -0.4 is 9.47 Å². The van der Waals surface area contributed by atoms with Gasteiger partial charge >= 0.3 is 19.4 Å². The molecule has 140 valence electrons. The van der Waals surface area contributed by atoms with E-state index in [4.69, 9.17) is 0 Å². The van der Waals surface area contributed by atoms with Crippen molar-refractivity contribution >= 4 is 0 Å². The van der Waals surface area contributed by atoms with Crippen LogP contribution in [-0.2, 0) is 12.6 Å². The number of nitrogens with zero attached hydrogens (tertiary/aromatic N) is 3. The first-order valence-corrected chi connectivity index (χ1v) is 6.78.